The van der Waals surface area contributed by atoms with Gasteiger partial charge in [-0.3, -0.25) is 9.78 Å². The summed E-state index contributed by atoms with van der Waals surface area (Å²) < 4.78 is 0. The molecule has 0 aliphatic carbocycles. The fourth-order valence-electron chi connectivity index (χ4n) is 2.64. The third-order valence-corrected chi connectivity index (χ3v) is 4.00. The molecule has 1 heterocycles. The van der Waals surface area contributed by atoms with Crippen LogP contribution < -0.4 is 5.32 Å². The maximum Gasteiger partial charge on any atom is 0.224 e. The summed E-state index contributed by atoms with van der Waals surface area (Å²) in [6.45, 7) is 2.01. The minimum atomic E-state index is 0.0404. The molecular weight excluding hydrogens is 296 g/mol. The van der Waals surface area contributed by atoms with Crippen molar-refractivity contribution in [2.75, 3.05) is 5.32 Å². The molecule has 3 aromatic rings. The van der Waals surface area contributed by atoms with Gasteiger partial charge in [-0.25, -0.2) is 0 Å². The molecular formula is C21H20N2O. The molecule has 3 heteroatoms. The Balaban J connectivity index is 1.64. The van der Waals surface area contributed by atoms with Crippen molar-refractivity contribution in [3.05, 3.63) is 84.2 Å². The number of aryl methyl sites for hydroxylation is 2. The highest BCUT2D eigenvalue weighted by Gasteiger charge is 2.07. The van der Waals surface area contributed by atoms with Gasteiger partial charge in [-0.2, -0.15) is 0 Å². The Hall–Kier alpha value is -2.94. The van der Waals surface area contributed by atoms with Crippen LogP contribution in [-0.4, -0.2) is 10.9 Å². The van der Waals surface area contributed by atoms with E-state index in [0.717, 1.165) is 28.8 Å². The number of pyridine rings is 1. The van der Waals surface area contributed by atoms with E-state index < -0.39 is 0 Å². The maximum atomic E-state index is 12.2. The second-order valence-corrected chi connectivity index (χ2v) is 5.80. The summed E-state index contributed by atoms with van der Waals surface area (Å²) >= 11 is 0. The molecule has 0 atom stereocenters. The summed E-state index contributed by atoms with van der Waals surface area (Å²) in [6.07, 6.45) is 4.80. The lowest BCUT2D eigenvalue weighted by atomic mass is 10.0. The first-order valence-electron chi connectivity index (χ1n) is 8.07. The summed E-state index contributed by atoms with van der Waals surface area (Å²) in [6, 6.07) is 20.1. The summed E-state index contributed by atoms with van der Waals surface area (Å²) in [5, 5.41) is 3.01. The molecule has 0 saturated heterocycles. The molecule has 0 bridgehead atoms. The van der Waals surface area contributed by atoms with E-state index in [2.05, 4.69) is 16.4 Å². The van der Waals surface area contributed by atoms with E-state index >= 15 is 0 Å². The molecule has 1 N–H and O–H groups in total. The number of amides is 1. The first kappa shape index (κ1) is 15.9. The highest BCUT2D eigenvalue weighted by molar-refractivity contribution is 5.92. The number of carbonyl (C=O) groups excluding carboxylic acids is 1. The lowest BCUT2D eigenvalue weighted by Crippen LogP contribution is -2.13. The first-order chi connectivity index (χ1) is 11.7. The standard InChI is InChI=1S/C21H20N2O/c1-16-15-19(18-11-13-22-14-12-18)8-9-20(16)23-21(24)10-7-17-5-3-2-4-6-17/h2-6,8-9,11-15H,7,10H2,1H3,(H,23,24). The van der Waals surface area contributed by atoms with Crippen LogP contribution >= 0.6 is 0 Å². The lowest BCUT2D eigenvalue weighted by molar-refractivity contribution is -0.116. The minimum Gasteiger partial charge on any atom is -0.326 e. The van der Waals surface area contributed by atoms with E-state index in [1.807, 2.05) is 61.5 Å². The highest BCUT2D eigenvalue weighted by Crippen LogP contribution is 2.24. The Morgan fingerprint density at radius 1 is 0.958 bits per heavy atom. The van der Waals surface area contributed by atoms with Crippen LogP contribution in [0.5, 0.6) is 0 Å². The van der Waals surface area contributed by atoms with E-state index in [1.165, 1.54) is 5.56 Å². The van der Waals surface area contributed by atoms with Crippen LogP contribution in [0.3, 0.4) is 0 Å². The number of hydrogen-bond acceptors (Lipinski definition) is 2. The van der Waals surface area contributed by atoms with Gasteiger partial charge in [-0.05, 0) is 59.9 Å². The number of anilines is 1. The molecule has 0 fully saturated rings. The second kappa shape index (κ2) is 7.55. The molecule has 0 spiro atoms. The van der Waals surface area contributed by atoms with Crippen molar-refractivity contribution in [2.45, 2.75) is 19.8 Å². The van der Waals surface area contributed by atoms with Crippen molar-refractivity contribution in [3.63, 3.8) is 0 Å². The number of hydrogen-bond donors (Lipinski definition) is 1. The Bertz CT molecular complexity index is 814. The second-order valence-electron chi connectivity index (χ2n) is 5.80. The lowest BCUT2D eigenvalue weighted by Gasteiger charge is -2.10. The predicted molar refractivity (Wildman–Crippen MR) is 97.8 cm³/mol. The number of rotatable bonds is 5. The van der Waals surface area contributed by atoms with Gasteiger partial charge in [0.1, 0.15) is 0 Å². The summed E-state index contributed by atoms with van der Waals surface area (Å²) in [5.41, 5.74) is 5.34. The Kier molecular flexibility index (Phi) is 5.02. The quantitative estimate of drug-likeness (QED) is 0.746. The van der Waals surface area contributed by atoms with Crippen molar-refractivity contribution >= 4 is 11.6 Å². The van der Waals surface area contributed by atoms with E-state index in [1.54, 1.807) is 12.4 Å². The van der Waals surface area contributed by atoms with Crippen LogP contribution in [0.2, 0.25) is 0 Å². The maximum absolute atomic E-state index is 12.2. The number of aromatic nitrogens is 1. The monoisotopic (exact) mass is 316 g/mol. The molecule has 24 heavy (non-hydrogen) atoms. The Labute approximate surface area is 142 Å². The summed E-state index contributed by atoms with van der Waals surface area (Å²) in [5.74, 6) is 0.0404. The average Bonchev–Trinajstić information content (AvgIpc) is 2.63. The molecule has 0 radical (unpaired) electrons. The molecule has 1 aromatic heterocycles. The van der Waals surface area contributed by atoms with Crippen molar-refractivity contribution in [1.29, 1.82) is 0 Å². The minimum absolute atomic E-state index is 0.0404. The third-order valence-electron chi connectivity index (χ3n) is 4.00. The van der Waals surface area contributed by atoms with Gasteiger partial charge in [0.05, 0.1) is 0 Å². The van der Waals surface area contributed by atoms with Gasteiger partial charge in [-0.15, -0.1) is 0 Å². The van der Waals surface area contributed by atoms with Crippen LogP contribution in [0.15, 0.2) is 73.1 Å². The van der Waals surface area contributed by atoms with Crippen LogP contribution in [0.25, 0.3) is 11.1 Å². The van der Waals surface area contributed by atoms with E-state index in [0.29, 0.717) is 6.42 Å². The number of carbonyl (C=O) groups is 1. The van der Waals surface area contributed by atoms with Gasteiger partial charge in [0.2, 0.25) is 5.91 Å². The van der Waals surface area contributed by atoms with E-state index in [-0.39, 0.29) is 5.91 Å². The molecule has 120 valence electrons. The van der Waals surface area contributed by atoms with Crippen molar-refractivity contribution in [2.24, 2.45) is 0 Å². The van der Waals surface area contributed by atoms with Gasteiger partial charge in [0, 0.05) is 24.5 Å². The molecule has 0 aliphatic heterocycles. The fourth-order valence-corrected chi connectivity index (χ4v) is 2.64. The molecule has 3 rings (SSSR count). The molecule has 2 aromatic carbocycles. The molecule has 1 amide bonds. The molecule has 0 aliphatic rings. The number of nitrogens with zero attached hydrogens (tertiary/aromatic N) is 1. The van der Waals surface area contributed by atoms with Crippen LogP contribution in [0.1, 0.15) is 17.5 Å². The van der Waals surface area contributed by atoms with Gasteiger partial charge >= 0.3 is 0 Å². The summed E-state index contributed by atoms with van der Waals surface area (Å²) in [7, 11) is 0. The Morgan fingerprint density at radius 3 is 2.42 bits per heavy atom. The van der Waals surface area contributed by atoms with E-state index in [4.69, 9.17) is 0 Å². The van der Waals surface area contributed by atoms with Crippen molar-refractivity contribution < 1.29 is 4.79 Å². The van der Waals surface area contributed by atoms with Crippen molar-refractivity contribution in [1.82, 2.24) is 4.98 Å². The van der Waals surface area contributed by atoms with E-state index in [9.17, 15) is 4.79 Å². The smallest absolute Gasteiger partial charge is 0.224 e. The zero-order valence-electron chi connectivity index (χ0n) is 13.7. The SMILES string of the molecule is Cc1cc(-c2ccncc2)ccc1NC(=O)CCc1ccccc1. The highest BCUT2D eigenvalue weighted by atomic mass is 16.1. The zero-order chi connectivity index (χ0) is 16.8. The molecule has 0 saturated carbocycles. The topological polar surface area (TPSA) is 42.0 Å². The third kappa shape index (κ3) is 4.07. The van der Waals surface area contributed by atoms with Crippen LogP contribution in [0.4, 0.5) is 5.69 Å². The normalized spacial score (nSPS) is 10.4. The first-order valence-corrected chi connectivity index (χ1v) is 8.07. The largest absolute Gasteiger partial charge is 0.326 e. The van der Waals surface area contributed by atoms with Gasteiger partial charge in [0.25, 0.3) is 0 Å². The zero-order valence-corrected chi connectivity index (χ0v) is 13.7. The van der Waals surface area contributed by atoms with Crippen LogP contribution in [0, 0.1) is 6.92 Å². The van der Waals surface area contributed by atoms with Gasteiger partial charge in [0.15, 0.2) is 0 Å². The molecule has 3 nitrogen and oxygen atoms in total. The average molecular weight is 316 g/mol. The van der Waals surface area contributed by atoms with Gasteiger partial charge < -0.3 is 5.32 Å². The van der Waals surface area contributed by atoms with Crippen molar-refractivity contribution in [3.8, 4) is 11.1 Å². The summed E-state index contributed by atoms with van der Waals surface area (Å²) in [4.78, 5) is 16.2. The number of nitrogens with one attached hydrogen (secondary N) is 1. The Morgan fingerprint density at radius 2 is 1.71 bits per heavy atom. The van der Waals surface area contributed by atoms with Crippen LogP contribution in [-0.2, 0) is 11.2 Å². The molecule has 0 unspecified atom stereocenters. The number of benzene rings is 2. The predicted octanol–water partition coefficient (Wildman–Crippen LogP) is 4.63. The fraction of sp³-hybridized carbons (Fsp3) is 0.143. The van der Waals surface area contributed by atoms with Gasteiger partial charge in [-0.1, -0.05) is 36.4 Å².